The van der Waals surface area contributed by atoms with E-state index in [0.717, 1.165) is 50.3 Å². The molecule has 1 aromatic heterocycles. The summed E-state index contributed by atoms with van der Waals surface area (Å²) in [5, 5.41) is 4.83. The first-order chi connectivity index (χ1) is 17.7. The molecular weight excluding hydrogens is 464 g/mol. The number of hydrogen-bond acceptors (Lipinski definition) is 5. The van der Waals surface area contributed by atoms with Gasteiger partial charge in [-0.15, -0.1) is 0 Å². The van der Waals surface area contributed by atoms with Crippen LogP contribution in [0.2, 0.25) is 0 Å². The maximum Gasteiger partial charge on any atom is 0.274 e. The lowest BCUT2D eigenvalue weighted by Gasteiger charge is -2.42. The molecule has 2 saturated heterocycles. The van der Waals surface area contributed by atoms with Crippen molar-refractivity contribution in [2.75, 3.05) is 51.2 Å². The van der Waals surface area contributed by atoms with E-state index in [0.29, 0.717) is 42.7 Å². The van der Waals surface area contributed by atoms with Crippen LogP contribution in [0.5, 0.6) is 0 Å². The Hall–Kier alpha value is -2.87. The molecule has 6 rings (SSSR count). The first-order valence-corrected chi connectivity index (χ1v) is 13.9. The predicted molar refractivity (Wildman–Crippen MR) is 144 cm³/mol. The summed E-state index contributed by atoms with van der Waals surface area (Å²) < 4.78 is 1.87. The lowest BCUT2D eigenvalue weighted by atomic mass is 10.1. The highest BCUT2D eigenvalue weighted by molar-refractivity contribution is 5.95. The van der Waals surface area contributed by atoms with Gasteiger partial charge in [0.05, 0.1) is 0 Å². The zero-order valence-electron chi connectivity index (χ0n) is 22.9. The molecule has 2 amide bonds. The van der Waals surface area contributed by atoms with Gasteiger partial charge in [-0.25, -0.2) is 0 Å². The topological polar surface area (TPSA) is 64.9 Å². The molecule has 4 atom stereocenters. The van der Waals surface area contributed by atoms with Crippen LogP contribution >= 0.6 is 0 Å². The van der Waals surface area contributed by atoms with E-state index in [1.54, 1.807) is 0 Å². The molecule has 2 aliphatic carbocycles. The summed E-state index contributed by atoms with van der Waals surface area (Å²) in [6.45, 7) is 13.4. The van der Waals surface area contributed by atoms with Crippen LogP contribution in [-0.4, -0.2) is 94.7 Å². The third kappa shape index (κ3) is 4.23. The summed E-state index contributed by atoms with van der Waals surface area (Å²) in [4.78, 5) is 35.7. The summed E-state index contributed by atoms with van der Waals surface area (Å²) in [5.41, 5.74) is 6.76. The van der Waals surface area contributed by atoms with Crippen LogP contribution < -0.4 is 4.90 Å². The Morgan fingerprint density at radius 3 is 2.41 bits per heavy atom. The first-order valence-electron chi connectivity index (χ1n) is 13.9. The molecule has 1 aromatic carbocycles. The van der Waals surface area contributed by atoms with E-state index in [2.05, 4.69) is 62.7 Å². The number of nitrogens with zero attached hydrogens (tertiary/aromatic N) is 6. The fraction of sp³-hybridized carbons (Fsp3) is 0.621. The summed E-state index contributed by atoms with van der Waals surface area (Å²) >= 11 is 0. The van der Waals surface area contributed by atoms with E-state index in [-0.39, 0.29) is 18.4 Å². The number of carbonyl (C=O) groups is 2. The van der Waals surface area contributed by atoms with Crippen molar-refractivity contribution in [2.45, 2.75) is 65.1 Å². The number of hydrogen-bond donors (Lipinski definition) is 0. The molecule has 8 nitrogen and oxygen atoms in total. The van der Waals surface area contributed by atoms with Gasteiger partial charge in [-0.2, -0.15) is 5.10 Å². The van der Waals surface area contributed by atoms with Crippen LogP contribution in [0.25, 0.3) is 0 Å². The minimum Gasteiger partial charge on any atom is -0.368 e. The number of aromatic nitrogens is 2. The third-order valence-corrected chi connectivity index (χ3v) is 9.53. The van der Waals surface area contributed by atoms with Crippen molar-refractivity contribution in [3.63, 3.8) is 0 Å². The molecule has 4 aliphatic rings. The van der Waals surface area contributed by atoms with Crippen molar-refractivity contribution in [2.24, 2.45) is 5.92 Å². The average Bonchev–Trinajstić information content (AvgIpc) is 3.41. The highest BCUT2D eigenvalue weighted by Crippen LogP contribution is 2.57. The average molecular weight is 505 g/mol. The molecule has 198 valence electrons. The Morgan fingerprint density at radius 1 is 1.00 bits per heavy atom. The number of amides is 2. The fourth-order valence-corrected chi connectivity index (χ4v) is 6.70. The van der Waals surface area contributed by atoms with Crippen molar-refractivity contribution < 1.29 is 9.59 Å². The van der Waals surface area contributed by atoms with Crippen LogP contribution in [0.3, 0.4) is 0 Å². The molecule has 0 spiro atoms. The number of likely N-dealkylation sites (N-methyl/N-ethyl adjacent to an activating group) is 1. The number of fused-ring (bicyclic) bond motifs is 3. The molecule has 0 bridgehead atoms. The van der Waals surface area contributed by atoms with Crippen molar-refractivity contribution in [3.8, 4) is 0 Å². The van der Waals surface area contributed by atoms with Crippen molar-refractivity contribution >= 4 is 17.5 Å². The number of rotatable bonds is 4. The van der Waals surface area contributed by atoms with Gasteiger partial charge >= 0.3 is 0 Å². The lowest BCUT2D eigenvalue weighted by molar-refractivity contribution is -0.132. The van der Waals surface area contributed by atoms with Crippen LogP contribution in [0.1, 0.15) is 59.1 Å². The number of aryl methyl sites for hydroxylation is 1. The monoisotopic (exact) mass is 504 g/mol. The maximum absolute atomic E-state index is 13.7. The van der Waals surface area contributed by atoms with Gasteiger partial charge in [0.25, 0.3) is 5.91 Å². The van der Waals surface area contributed by atoms with Gasteiger partial charge in [-0.3, -0.25) is 19.2 Å². The Bertz CT molecular complexity index is 1220. The number of carbonyl (C=O) groups excluding carboxylic acids is 2. The SMILES string of the molecule is Cc1cccc(N2CCN(C(=O)Cn3nc(C(=O)N4C[C@@H](C)N(C)[C@@H](C)C4)c4c3C[C@H]3C[C@@H]43)CC2)c1C. The van der Waals surface area contributed by atoms with Crippen molar-refractivity contribution in [3.05, 3.63) is 46.3 Å². The molecule has 0 N–H and O–H groups in total. The van der Waals surface area contributed by atoms with Gasteiger partial charge in [-0.05, 0) is 76.6 Å². The summed E-state index contributed by atoms with van der Waals surface area (Å²) in [7, 11) is 2.13. The summed E-state index contributed by atoms with van der Waals surface area (Å²) in [5.74, 6) is 1.24. The van der Waals surface area contributed by atoms with E-state index in [9.17, 15) is 9.59 Å². The van der Waals surface area contributed by atoms with Gasteiger partial charge in [-0.1, -0.05) is 12.1 Å². The van der Waals surface area contributed by atoms with Crippen LogP contribution in [-0.2, 0) is 17.8 Å². The molecule has 0 radical (unpaired) electrons. The largest absolute Gasteiger partial charge is 0.368 e. The van der Waals surface area contributed by atoms with Gasteiger partial charge < -0.3 is 14.7 Å². The van der Waals surface area contributed by atoms with Gasteiger partial charge in [0.15, 0.2) is 5.69 Å². The normalized spacial score (nSPS) is 27.3. The Labute approximate surface area is 220 Å². The molecule has 2 aromatic rings. The number of piperazine rings is 2. The second-order valence-electron chi connectivity index (χ2n) is 11.8. The molecular formula is C29H40N6O2. The van der Waals surface area contributed by atoms with Gasteiger partial charge in [0.2, 0.25) is 5.91 Å². The Morgan fingerprint density at radius 2 is 1.70 bits per heavy atom. The second-order valence-corrected chi connectivity index (χ2v) is 11.8. The van der Waals surface area contributed by atoms with E-state index in [1.165, 1.54) is 16.8 Å². The van der Waals surface area contributed by atoms with E-state index in [1.807, 2.05) is 14.5 Å². The zero-order chi connectivity index (χ0) is 26.0. The van der Waals surface area contributed by atoms with Gasteiger partial charge in [0, 0.05) is 68.3 Å². The van der Waals surface area contributed by atoms with Gasteiger partial charge in [0.1, 0.15) is 6.54 Å². The fourth-order valence-electron chi connectivity index (χ4n) is 6.70. The molecule has 0 unspecified atom stereocenters. The predicted octanol–water partition coefficient (Wildman–Crippen LogP) is 2.67. The van der Waals surface area contributed by atoms with Crippen LogP contribution in [0, 0.1) is 19.8 Å². The molecule has 3 heterocycles. The Balaban J connectivity index is 1.15. The molecule has 3 fully saturated rings. The maximum atomic E-state index is 13.7. The Kier molecular flexibility index (Phi) is 6.05. The van der Waals surface area contributed by atoms with E-state index >= 15 is 0 Å². The summed E-state index contributed by atoms with van der Waals surface area (Å²) in [6, 6.07) is 7.08. The van der Waals surface area contributed by atoms with E-state index < -0.39 is 0 Å². The van der Waals surface area contributed by atoms with E-state index in [4.69, 9.17) is 5.10 Å². The third-order valence-electron chi connectivity index (χ3n) is 9.53. The number of benzene rings is 1. The van der Waals surface area contributed by atoms with Crippen LogP contribution in [0.15, 0.2) is 18.2 Å². The minimum absolute atomic E-state index is 0.0453. The molecule has 1 saturated carbocycles. The second kappa shape index (κ2) is 9.15. The zero-order valence-corrected chi connectivity index (χ0v) is 22.9. The first kappa shape index (κ1) is 24.5. The highest BCUT2D eigenvalue weighted by Gasteiger charge is 2.51. The molecule has 2 aliphatic heterocycles. The minimum atomic E-state index is 0.0453. The summed E-state index contributed by atoms with van der Waals surface area (Å²) in [6.07, 6.45) is 2.10. The number of anilines is 1. The lowest BCUT2D eigenvalue weighted by Crippen LogP contribution is -2.56. The van der Waals surface area contributed by atoms with Crippen molar-refractivity contribution in [1.29, 1.82) is 0 Å². The standard InChI is InChI=1S/C29H40N6O2/c1-18-7-6-8-24(21(18)4)32-9-11-33(12-10-32)26(36)17-35-25-14-22-13-23(22)27(25)28(30-35)29(37)34-15-19(2)31(5)20(3)16-34/h6-8,19-20,22-23H,9-17H2,1-5H3/t19-,20+,22-,23-/m1/s1. The quantitative estimate of drug-likeness (QED) is 0.641. The van der Waals surface area contributed by atoms with Crippen molar-refractivity contribution in [1.82, 2.24) is 24.5 Å². The molecule has 8 heteroatoms. The smallest absolute Gasteiger partial charge is 0.274 e. The molecule has 37 heavy (non-hydrogen) atoms. The highest BCUT2D eigenvalue weighted by atomic mass is 16.2. The van der Waals surface area contributed by atoms with Crippen LogP contribution in [0.4, 0.5) is 5.69 Å².